The maximum Gasteiger partial charge on any atom is 0.167 e. The van der Waals surface area contributed by atoms with Crippen LogP contribution in [0.3, 0.4) is 0 Å². The largest absolute Gasteiger partial charge is 0.504 e. The molecule has 1 aromatic heterocycles. The predicted molar refractivity (Wildman–Crippen MR) is 91.1 cm³/mol. The normalized spacial score (nSPS) is 9.58. The number of aromatic hydroxyl groups is 1. The van der Waals surface area contributed by atoms with Crippen molar-refractivity contribution in [2.45, 2.75) is 6.92 Å². The molecule has 0 aliphatic carbocycles. The Morgan fingerprint density at radius 3 is 2.33 bits per heavy atom. The van der Waals surface area contributed by atoms with Gasteiger partial charge in [0.05, 0.1) is 19.9 Å². The van der Waals surface area contributed by atoms with E-state index in [1.54, 1.807) is 31.5 Å². The highest BCUT2D eigenvalue weighted by molar-refractivity contribution is 5.64. The van der Waals surface area contributed by atoms with Gasteiger partial charge in [-0.3, -0.25) is 0 Å². The number of para-hydroxylation sites is 2. The summed E-state index contributed by atoms with van der Waals surface area (Å²) in [6.45, 7) is 2.46. The van der Waals surface area contributed by atoms with E-state index in [-0.39, 0.29) is 5.75 Å². The summed E-state index contributed by atoms with van der Waals surface area (Å²) < 4.78 is 10.2. The Morgan fingerprint density at radius 2 is 1.67 bits per heavy atom. The van der Waals surface area contributed by atoms with Crippen molar-refractivity contribution in [3.63, 3.8) is 0 Å². The van der Waals surface area contributed by atoms with Gasteiger partial charge in [0.1, 0.15) is 5.69 Å². The molecule has 2 aromatic carbocycles. The lowest BCUT2D eigenvalue weighted by Gasteiger charge is -2.04. The highest BCUT2D eigenvalue weighted by Crippen LogP contribution is 2.25. The van der Waals surface area contributed by atoms with Crippen LogP contribution in [0.15, 0.2) is 60.8 Å². The fourth-order valence-electron chi connectivity index (χ4n) is 1.94. The first-order valence-electron chi connectivity index (χ1n) is 7.44. The van der Waals surface area contributed by atoms with Gasteiger partial charge >= 0.3 is 0 Å². The molecule has 0 unspecified atom stereocenters. The molecule has 0 saturated carbocycles. The SMILES string of the molecule is CCOc1ccccc1O.COc1cnnnc1-c1ccccc1. The molecule has 6 nitrogen and oxygen atoms in total. The van der Waals surface area contributed by atoms with E-state index >= 15 is 0 Å². The molecule has 24 heavy (non-hydrogen) atoms. The van der Waals surface area contributed by atoms with Gasteiger partial charge < -0.3 is 14.6 Å². The minimum atomic E-state index is 0.198. The second-order valence-corrected chi connectivity index (χ2v) is 4.62. The summed E-state index contributed by atoms with van der Waals surface area (Å²) in [6, 6.07) is 16.7. The van der Waals surface area contributed by atoms with Crippen LogP contribution < -0.4 is 9.47 Å². The van der Waals surface area contributed by atoms with Crippen molar-refractivity contribution >= 4 is 0 Å². The van der Waals surface area contributed by atoms with Gasteiger partial charge in [-0.25, -0.2) is 0 Å². The third-order valence-electron chi connectivity index (χ3n) is 3.04. The molecule has 0 fully saturated rings. The first-order valence-corrected chi connectivity index (χ1v) is 7.44. The highest BCUT2D eigenvalue weighted by Gasteiger charge is 2.06. The Morgan fingerprint density at radius 1 is 0.958 bits per heavy atom. The van der Waals surface area contributed by atoms with Gasteiger partial charge in [-0.1, -0.05) is 42.5 Å². The van der Waals surface area contributed by atoms with E-state index in [1.807, 2.05) is 43.3 Å². The molecule has 0 radical (unpaired) electrons. The Hall–Kier alpha value is -3.15. The van der Waals surface area contributed by atoms with E-state index in [0.29, 0.717) is 23.8 Å². The van der Waals surface area contributed by atoms with Crippen LogP contribution in [-0.4, -0.2) is 34.2 Å². The highest BCUT2D eigenvalue weighted by atomic mass is 16.5. The average Bonchev–Trinajstić information content (AvgIpc) is 2.65. The van der Waals surface area contributed by atoms with Gasteiger partial charge in [0.15, 0.2) is 17.2 Å². The molecule has 3 rings (SSSR count). The number of rotatable bonds is 4. The number of phenolic OH excluding ortho intramolecular Hbond substituents is 1. The van der Waals surface area contributed by atoms with Crippen LogP contribution in [0.1, 0.15) is 6.92 Å². The molecular formula is C18H19N3O3. The number of hydrogen-bond donors (Lipinski definition) is 1. The number of hydrogen-bond acceptors (Lipinski definition) is 6. The molecule has 0 saturated heterocycles. The molecule has 0 aliphatic rings. The smallest absolute Gasteiger partial charge is 0.167 e. The van der Waals surface area contributed by atoms with E-state index in [9.17, 15) is 0 Å². The predicted octanol–water partition coefficient (Wildman–Crippen LogP) is 3.34. The molecule has 3 aromatic rings. The lowest BCUT2D eigenvalue weighted by Crippen LogP contribution is -1.95. The van der Waals surface area contributed by atoms with Crippen molar-refractivity contribution in [3.05, 3.63) is 60.8 Å². The van der Waals surface area contributed by atoms with E-state index in [4.69, 9.17) is 14.6 Å². The summed E-state index contributed by atoms with van der Waals surface area (Å²) in [5, 5.41) is 20.3. The zero-order valence-corrected chi connectivity index (χ0v) is 13.6. The summed E-state index contributed by atoms with van der Waals surface area (Å²) in [5.41, 5.74) is 1.68. The zero-order chi connectivity index (χ0) is 17.2. The van der Waals surface area contributed by atoms with Crippen molar-refractivity contribution < 1.29 is 14.6 Å². The average molecular weight is 325 g/mol. The summed E-state index contributed by atoms with van der Waals surface area (Å²) in [5.74, 6) is 1.38. The van der Waals surface area contributed by atoms with E-state index in [1.165, 1.54) is 0 Å². The van der Waals surface area contributed by atoms with Crippen LogP contribution in [0.25, 0.3) is 11.3 Å². The number of ether oxygens (including phenoxy) is 2. The summed E-state index contributed by atoms with van der Waals surface area (Å²) in [6.07, 6.45) is 1.55. The van der Waals surface area contributed by atoms with Gasteiger partial charge in [0, 0.05) is 5.56 Å². The fraction of sp³-hybridized carbons (Fsp3) is 0.167. The van der Waals surface area contributed by atoms with E-state index in [2.05, 4.69) is 15.4 Å². The first-order chi connectivity index (χ1) is 11.8. The fourth-order valence-corrected chi connectivity index (χ4v) is 1.94. The maximum atomic E-state index is 9.12. The molecule has 0 spiro atoms. The zero-order valence-electron chi connectivity index (χ0n) is 13.6. The Labute approximate surface area is 140 Å². The van der Waals surface area contributed by atoms with Crippen LogP contribution in [0.2, 0.25) is 0 Å². The van der Waals surface area contributed by atoms with Crippen LogP contribution in [0, 0.1) is 0 Å². The minimum Gasteiger partial charge on any atom is -0.504 e. The monoisotopic (exact) mass is 325 g/mol. The lowest BCUT2D eigenvalue weighted by atomic mass is 10.1. The van der Waals surface area contributed by atoms with Crippen LogP contribution in [0.4, 0.5) is 0 Å². The van der Waals surface area contributed by atoms with Crippen LogP contribution in [0.5, 0.6) is 17.2 Å². The Kier molecular flexibility index (Phi) is 6.52. The van der Waals surface area contributed by atoms with Crippen molar-refractivity contribution in [3.8, 4) is 28.5 Å². The number of aromatic nitrogens is 3. The molecule has 0 bridgehead atoms. The van der Waals surface area contributed by atoms with Gasteiger partial charge in [0.2, 0.25) is 0 Å². The number of benzene rings is 2. The maximum absolute atomic E-state index is 9.12. The van der Waals surface area contributed by atoms with Gasteiger partial charge in [0.25, 0.3) is 0 Å². The first kappa shape index (κ1) is 17.2. The topological polar surface area (TPSA) is 77.4 Å². The third kappa shape index (κ3) is 4.67. The Bertz CT molecular complexity index is 751. The minimum absolute atomic E-state index is 0.198. The molecule has 0 atom stereocenters. The third-order valence-corrected chi connectivity index (χ3v) is 3.04. The second kappa shape index (κ2) is 9.09. The number of methoxy groups -OCH3 is 1. The molecule has 0 amide bonds. The molecule has 6 heteroatoms. The van der Waals surface area contributed by atoms with E-state index in [0.717, 1.165) is 5.56 Å². The van der Waals surface area contributed by atoms with Crippen LogP contribution >= 0.6 is 0 Å². The molecule has 0 aliphatic heterocycles. The molecule has 124 valence electrons. The van der Waals surface area contributed by atoms with Crippen molar-refractivity contribution in [1.82, 2.24) is 15.4 Å². The second-order valence-electron chi connectivity index (χ2n) is 4.62. The molecular weight excluding hydrogens is 306 g/mol. The standard InChI is InChI=1S/C10H9N3O.C8H10O2/c1-14-9-7-11-13-12-10(9)8-5-3-2-4-6-8;1-2-10-8-6-4-3-5-7(8)9/h2-7H,1H3;3-6,9H,2H2,1H3. The molecule has 1 heterocycles. The van der Waals surface area contributed by atoms with Crippen molar-refractivity contribution in [2.24, 2.45) is 0 Å². The van der Waals surface area contributed by atoms with Gasteiger partial charge in [-0.2, -0.15) is 0 Å². The van der Waals surface area contributed by atoms with Gasteiger partial charge in [-0.05, 0) is 24.3 Å². The van der Waals surface area contributed by atoms with E-state index < -0.39 is 0 Å². The van der Waals surface area contributed by atoms with Crippen LogP contribution in [-0.2, 0) is 0 Å². The number of phenols is 1. The summed E-state index contributed by atoms with van der Waals surface area (Å²) in [4.78, 5) is 0. The summed E-state index contributed by atoms with van der Waals surface area (Å²) >= 11 is 0. The molecule has 1 N–H and O–H groups in total. The number of nitrogens with zero attached hydrogens (tertiary/aromatic N) is 3. The Balaban J connectivity index is 0.000000185. The lowest BCUT2D eigenvalue weighted by molar-refractivity contribution is 0.318. The summed E-state index contributed by atoms with van der Waals surface area (Å²) in [7, 11) is 1.59. The van der Waals surface area contributed by atoms with Crippen molar-refractivity contribution in [2.75, 3.05) is 13.7 Å². The quantitative estimate of drug-likeness (QED) is 0.793. The van der Waals surface area contributed by atoms with Crippen molar-refractivity contribution in [1.29, 1.82) is 0 Å². The van der Waals surface area contributed by atoms with Gasteiger partial charge in [-0.15, -0.1) is 10.2 Å².